The topological polar surface area (TPSA) is 18.5 Å². The molecule has 0 saturated heterocycles. The molecule has 0 atom stereocenters. The fourth-order valence-corrected chi connectivity index (χ4v) is 1.46. The average Bonchev–Trinajstić information content (AvgIpc) is 2.04. The van der Waals surface area contributed by atoms with E-state index in [-0.39, 0.29) is 0 Å². The molecule has 2 nitrogen and oxygen atoms in total. The smallest absolute Gasteiger partial charge is 0.142 e. The largest absolute Gasteiger partial charge is 0.462 e. The summed E-state index contributed by atoms with van der Waals surface area (Å²) in [6, 6.07) is 0. The van der Waals surface area contributed by atoms with Gasteiger partial charge in [0.25, 0.3) is 0 Å². The van der Waals surface area contributed by atoms with Gasteiger partial charge in [-0.25, -0.2) is 0 Å². The Kier molecular flexibility index (Phi) is 1.60. The van der Waals surface area contributed by atoms with E-state index < -0.39 is 0 Å². The van der Waals surface area contributed by atoms with Gasteiger partial charge in [0.05, 0.1) is 0 Å². The van der Waals surface area contributed by atoms with Gasteiger partial charge in [0.15, 0.2) is 0 Å². The Balaban J connectivity index is 2.16. The van der Waals surface area contributed by atoms with E-state index in [4.69, 9.17) is 9.47 Å². The first-order valence-corrected chi connectivity index (χ1v) is 4.09. The first-order valence-electron chi connectivity index (χ1n) is 4.09. The maximum absolute atomic E-state index is 5.51. The molecule has 0 bridgehead atoms. The second-order valence-corrected chi connectivity index (χ2v) is 3.00. The van der Waals surface area contributed by atoms with Crippen LogP contribution in [0.3, 0.4) is 0 Å². The molecular weight excluding hydrogens is 140 g/mol. The van der Waals surface area contributed by atoms with E-state index in [2.05, 4.69) is 0 Å². The van der Waals surface area contributed by atoms with Gasteiger partial charge < -0.3 is 9.47 Å². The SMILES string of the molecule is CC1=COC2=C(CCCC2)O1. The summed E-state index contributed by atoms with van der Waals surface area (Å²) in [5.74, 6) is 2.96. The molecule has 0 aromatic heterocycles. The molecule has 0 aromatic rings. The van der Waals surface area contributed by atoms with Crippen LogP contribution in [-0.4, -0.2) is 0 Å². The van der Waals surface area contributed by atoms with Crippen LogP contribution < -0.4 is 0 Å². The van der Waals surface area contributed by atoms with E-state index in [1.165, 1.54) is 12.8 Å². The lowest BCUT2D eigenvalue weighted by Crippen LogP contribution is -2.08. The molecule has 11 heavy (non-hydrogen) atoms. The minimum Gasteiger partial charge on any atom is -0.462 e. The molecule has 1 aliphatic carbocycles. The van der Waals surface area contributed by atoms with Crippen LogP contribution in [0.2, 0.25) is 0 Å². The Bertz CT molecular complexity index is 226. The molecule has 0 saturated carbocycles. The van der Waals surface area contributed by atoms with Crippen molar-refractivity contribution in [1.82, 2.24) is 0 Å². The highest BCUT2D eigenvalue weighted by Crippen LogP contribution is 2.30. The molecule has 0 unspecified atom stereocenters. The van der Waals surface area contributed by atoms with Gasteiger partial charge in [0.2, 0.25) is 0 Å². The van der Waals surface area contributed by atoms with Gasteiger partial charge in [-0.15, -0.1) is 0 Å². The number of rotatable bonds is 0. The van der Waals surface area contributed by atoms with E-state index >= 15 is 0 Å². The monoisotopic (exact) mass is 152 g/mol. The van der Waals surface area contributed by atoms with Crippen LogP contribution in [0.25, 0.3) is 0 Å². The molecule has 2 heteroatoms. The van der Waals surface area contributed by atoms with E-state index in [9.17, 15) is 0 Å². The third kappa shape index (κ3) is 1.25. The van der Waals surface area contributed by atoms with E-state index in [1.54, 1.807) is 6.26 Å². The van der Waals surface area contributed by atoms with Crippen LogP contribution in [0.4, 0.5) is 0 Å². The highest BCUT2D eigenvalue weighted by molar-refractivity contribution is 5.12. The molecule has 60 valence electrons. The normalized spacial score (nSPS) is 23.2. The Morgan fingerprint density at radius 3 is 2.73 bits per heavy atom. The highest BCUT2D eigenvalue weighted by atomic mass is 16.5. The van der Waals surface area contributed by atoms with Crippen LogP contribution in [0.1, 0.15) is 32.6 Å². The predicted molar refractivity (Wildman–Crippen MR) is 41.4 cm³/mol. The average molecular weight is 152 g/mol. The summed E-state index contributed by atoms with van der Waals surface area (Å²) < 4.78 is 10.9. The number of hydrogen-bond donors (Lipinski definition) is 0. The van der Waals surface area contributed by atoms with Crippen molar-refractivity contribution >= 4 is 0 Å². The third-order valence-electron chi connectivity index (χ3n) is 2.02. The summed E-state index contributed by atoms with van der Waals surface area (Å²) in [5.41, 5.74) is 0. The lowest BCUT2D eigenvalue weighted by molar-refractivity contribution is 0.171. The van der Waals surface area contributed by atoms with Gasteiger partial charge in [0.1, 0.15) is 23.5 Å². The lowest BCUT2D eigenvalue weighted by atomic mass is 10.0. The zero-order valence-electron chi connectivity index (χ0n) is 6.72. The first-order chi connectivity index (χ1) is 5.36. The molecule has 0 aromatic carbocycles. The Morgan fingerprint density at radius 2 is 1.91 bits per heavy atom. The first kappa shape index (κ1) is 6.77. The molecule has 2 aliphatic rings. The van der Waals surface area contributed by atoms with Crippen LogP contribution >= 0.6 is 0 Å². The summed E-state index contributed by atoms with van der Waals surface area (Å²) in [4.78, 5) is 0. The van der Waals surface area contributed by atoms with Crippen molar-refractivity contribution in [2.24, 2.45) is 0 Å². The van der Waals surface area contributed by atoms with Crippen molar-refractivity contribution < 1.29 is 9.47 Å². The van der Waals surface area contributed by atoms with Crippen LogP contribution in [-0.2, 0) is 9.47 Å². The number of hydrogen-bond acceptors (Lipinski definition) is 2. The molecule has 0 N–H and O–H groups in total. The number of allylic oxidation sites excluding steroid dienone is 3. The van der Waals surface area contributed by atoms with E-state index in [0.717, 1.165) is 30.1 Å². The Morgan fingerprint density at radius 1 is 1.18 bits per heavy atom. The van der Waals surface area contributed by atoms with Crippen molar-refractivity contribution in [3.63, 3.8) is 0 Å². The third-order valence-corrected chi connectivity index (χ3v) is 2.02. The number of ether oxygens (including phenoxy) is 2. The quantitative estimate of drug-likeness (QED) is 0.531. The van der Waals surface area contributed by atoms with E-state index in [0.29, 0.717) is 0 Å². The van der Waals surface area contributed by atoms with Crippen molar-refractivity contribution in [3.8, 4) is 0 Å². The molecule has 1 aliphatic heterocycles. The summed E-state index contributed by atoms with van der Waals surface area (Å²) >= 11 is 0. The van der Waals surface area contributed by atoms with Gasteiger partial charge in [-0.05, 0) is 19.8 Å². The van der Waals surface area contributed by atoms with Crippen molar-refractivity contribution in [2.45, 2.75) is 32.6 Å². The second kappa shape index (κ2) is 2.61. The summed E-state index contributed by atoms with van der Waals surface area (Å²) in [7, 11) is 0. The fraction of sp³-hybridized carbons (Fsp3) is 0.556. The van der Waals surface area contributed by atoms with Gasteiger partial charge in [-0.1, -0.05) is 0 Å². The van der Waals surface area contributed by atoms with Crippen molar-refractivity contribution in [2.75, 3.05) is 0 Å². The minimum absolute atomic E-state index is 0.866. The van der Waals surface area contributed by atoms with Gasteiger partial charge >= 0.3 is 0 Å². The van der Waals surface area contributed by atoms with Crippen LogP contribution in [0.5, 0.6) is 0 Å². The Hall–Kier alpha value is -0.920. The Labute approximate surface area is 66.5 Å². The van der Waals surface area contributed by atoms with Gasteiger partial charge in [-0.3, -0.25) is 0 Å². The highest BCUT2D eigenvalue weighted by Gasteiger charge is 2.18. The molecule has 0 amide bonds. The van der Waals surface area contributed by atoms with Gasteiger partial charge in [-0.2, -0.15) is 0 Å². The molecule has 0 fully saturated rings. The second-order valence-electron chi connectivity index (χ2n) is 3.00. The van der Waals surface area contributed by atoms with E-state index in [1.807, 2.05) is 6.92 Å². The molecule has 1 heterocycles. The predicted octanol–water partition coefficient (Wildman–Crippen LogP) is 2.68. The summed E-state index contributed by atoms with van der Waals surface area (Å²) in [6.45, 7) is 1.92. The van der Waals surface area contributed by atoms with Crippen molar-refractivity contribution in [1.29, 1.82) is 0 Å². The van der Waals surface area contributed by atoms with Crippen LogP contribution in [0.15, 0.2) is 23.5 Å². The standard InChI is InChI=1S/C9H12O2/c1-7-6-10-8-4-2-3-5-9(8)11-7/h6H,2-5H2,1H3. The molecule has 0 spiro atoms. The van der Waals surface area contributed by atoms with Crippen molar-refractivity contribution in [3.05, 3.63) is 23.5 Å². The molecule has 2 rings (SSSR count). The summed E-state index contributed by atoms with van der Waals surface area (Å²) in [6.07, 6.45) is 6.23. The summed E-state index contributed by atoms with van der Waals surface area (Å²) in [5, 5.41) is 0. The van der Waals surface area contributed by atoms with Gasteiger partial charge in [0, 0.05) is 12.8 Å². The molecular formula is C9H12O2. The maximum atomic E-state index is 5.51. The zero-order valence-corrected chi connectivity index (χ0v) is 6.72. The van der Waals surface area contributed by atoms with Crippen LogP contribution in [0, 0.1) is 0 Å². The maximum Gasteiger partial charge on any atom is 0.142 e. The fourth-order valence-electron chi connectivity index (χ4n) is 1.46. The zero-order chi connectivity index (χ0) is 7.68. The lowest BCUT2D eigenvalue weighted by Gasteiger charge is -2.23. The molecule has 0 radical (unpaired) electrons. The minimum atomic E-state index is 0.866.